The van der Waals surface area contributed by atoms with Crippen LogP contribution in [-0.4, -0.2) is 15.0 Å². The van der Waals surface area contributed by atoms with E-state index in [0.29, 0.717) is 4.83 Å². The van der Waals surface area contributed by atoms with E-state index >= 15 is 0 Å². The summed E-state index contributed by atoms with van der Waals surface area (Å²) in [5, 5.41) is 8.15. The molecule has 1 rings (SSSR count). The van der Waals surface area contributed by atoms with E-state index in [9.17, 15) is 0 Å². The molecule has 0 amide bonds. The average Bonchev–Trinajstić information content (AvgIpc) is 2.52. The number of hydrogen-bond acceptors (Lipinski definition) is 2. The molecular weight excluding hydrogens is 242 g/mol. The number of rotatable bonds is 5. The number of aromatic nitrogens is 3. The number of halogens is 1. The fraction of sp³-hybridized carbons (Fsp3) is 0.800. The Bertz CT molecular complexity index is 268. The lowest BCUT2D eigenvalue weighted by atomic mass is 10.1. The topological polar surface area (TPSA) is 30.7 Å². The van der Waals surface area contributed by atoms with Crippen molar-refractivity contribution in [3.05, 3.63) is 11.9 Å². The standard InChI is InChI=1S/C10H18BrN3/c1-8(2)5-4-6-14-7-10(9(3)11)12-13-14/h7-9H,4-6H2,1-3H3. The summed E-state index contributed by atoms with van der Waals surface area (Å²) in [6.45, 7) is 7.52. The first-order valence-corrected chi connectivity index (χ1v) is 6.05. The summed E-state index contributed by atoms with van der Waals surface area (Å²) in [7, 11) is 0. The van der Waals surface area contributed by atoms with Gasteiger partial charge in [-0.15, -0.1) is 5.10 Å². The van der Waals surface area contributed by atoms with Crippen LogP contribution in [-0.2, 0) is 6.54 Å². The van der Waals surface area contributed by atoms with Gasteiger partial charge in [0, 0.05) is 12.7 Å². The number of nitrogens with zero attached hydrogens (tertiary/aromatic N) is 3. The Kier molecular flexibility index (Phi) is 4.58. The molecule has 1 heterocycles. The highest BCUT2D eigenvalue weighted by atomic mass is 79.9. The van der Waals surface area contributed by atoms with E-state index in [0.717, 1.165) is 18.2 Å². The molecule has 0 saturated heterocycles. The van der Waals surface area contributed by atoms with Gasteiger partial charge in [-0.2, -0.15) is 0 Å². The molecule has 0 fully saturated rings. The summed E-state index contributed by atoms with van der Waals surface area (Å²) in [6, 6.07) is 0. The van der Waals surface area contributed by atoms with Crippen LogP contribution in [0, 0.1) is 5.92 Å². The highest BCUT2D eigenvalue weighted by Crippen LogP contribution is 2.18. The minimum absolute atomic E-state index is 0.293. The van der Waals surface area contributed by atoms with Gasteiger partial charge in [0.25, 0.3) is 0 Å². The van der Waals surface area contributed by atoms with Crippen molar-refractivity contribution >= 4 is 15.9 Å². The number of alkyl halides is 1. The summed E-state index contributed by atoms with van der Waals surface area (Å²) >= 11 is 3.47. The highest BCUT2D eigenvalue weighted by molar-refractivity contribution is 9.09. The second-order valence-corrected chi connectivity index (χ2v) is 5.43. The first-order chi connectivity index (χ1) is 6.59. The van der Waals surface area contributed by atoms with E-state index in [4.69, 9.17) is 0 Å². The van der Waals surface area contributed by atoms with E-state index in [1.54, 1.807) is 0 Å². The first-order valence-electron chi connectivity index (χ1n) is 5.13. The third-order valence-electron chi connectivity index (χ3n) is 2.13. The van der Waals surface area contributed by atoms with Crippen LogP contribution >= 0.6 is 15.9 Å². The molecule has 4 heteroatoms. The van der Waals surface area contributed by atoms with Crippen molar-refractivity contribution in [2.75, 3.05) is 0 Å². The molecule has 0 spiro atoms. The third kappa shape index (κ3) is 3.78. The lowest BCUT2D eigenvalue weighted by molar-refractivity contribution is 0.482. The summed E-state index contributed by atoms with van der Waals surface area (Å²) < 4.78 is 1.93. The quantitative estimate of drug-likeness (QED) is 0.761. The Morgan fingerprint density at radius 2 is 2.14 bits per heavy atom. The molecule has 0 aromatic carbocycles. The van der Waals surface area contributed by atoms with E-state index in [2.05, 4.69) is 47.0 Å². The monoisotopic (exact) mass is 259 g/mol. The molecule has 0 saturated carbocycles. The first kappa shape index (κ1) is 11.7. The Hall–Kier alpha value is -0.380. The van der Waals surface area contributed by atoms with E-state index in [-0.39, 0.29) is 0 Å². The van der Waals surface area contributed by atoms with Crippen molar-refractivity contribution in [2.45, 2.75) is 45.0 Å². The maximum atomic E-state index is 4.08. The third-order valence-corrected chi connectivity index (χ3v) is 2.60. The molecule has 0 aliphatic rings. The van der Waals surface area contributed by atoms with Crippen molar-refractivity contribution in [2.24, 2.45) is 5.92 Å². The smallest absolute Gasteiger partial charge is 0.0960 e. The summed E-state index contributed by atoms with van der Waals surface area (Å²) in [5.41, 5.74) is 1.01. The maximum absolute atomic E-state index is 4.08. The van der Waals surface area contributed by atoms with E-state index < -0.39 is 0 Å². The molecule has 0 bridgehead atoms. The maximum Gasteiger partial charge on any atom is 0.0960 e. The van der Waals surface area contributed by atoms with Crippen molar-refractivity contribution in [3.63, 3.8) is 0 Å². The Morgan fingerprint density at radius 1 is 1.43 bits per heavy atom. The molecule has 14 heavy (non-hydrogen) atoms. The molecular formula is C10H18BrN3. The van der Waals surface area contributed by atoms with Crippen molar-refractivity contribution < 1.29 is 0 Å². The lowest BCUT2D eigenvalue weighted by Gasteiger charge is -2.03. The largest absolute Gasteiger partial charge is 0.252 e. The van der Waals surface area contributed by atoms with Crippen LogP contribution < -0.4 is 0 Å². The molecule has 0 aliphatic heterocycles. The minimum Gasteiger partial charge on any atom is -0.252 e. The molecule has 3 nitrogen and oxygen atoms in total. The lowest BCUT2D eigenvalue weighted by Crippen LogP contribution is -2.00. The SMILES string of the molecule is CC(C)CCCn1cc(C(C)Br)nn1. The van der Waals surface area contributed by atoms with Gasteiger partial charge in [0.05, 0.1) is 10.5 Å². The van der Waals surface area contributed by atoms with Gasteiger partial charge in [-0.25, -0.2) is 0 Å². The summed E-state index contributed by atoms with van der Waals surface area (Å²) in [6.07, 6.45) is 4.44. The normalized spacial score (nSPS) is 13.5. The van der Waals surface area contributed by atoms with Crippen molar-refractivity contribution in [1.82, 2.24) is 15.0 Å². The predicted octanol–water partition coefficient (Wildman–Crippen LogP) is 3.17. The van der Waals surface area contributed by atoms with Crippen molar-refractivity contribution in [1.29, 1.82) is 0 Å². The molecule has 1 unspecified atom stereocenters. The van der Waals surface area contributed by atoms with Crippen LogP contribution in [0.2, 0.25) is 0 Å². The van der Waals surface area contributed by atoms with Crippen LogP contribution in [0.1, 0.15) is 44.1 Å². The van der Waals surface area contributed by atoms with Gasteiger partial charge in [-0.05, 0) is 25.7 Å². The summed E-state index contributed by atoms with van der Waals surface area (Å²) in [5.74, 6) is 0.771. The van der Waals surface area contributed by atoms with E-state index in [1.165, 1.54) is 12.8 Å². The van der Waals surface area contributed by atoms with E-state index in [1.807, 2.05) is 10.9 Å². The van der Waals surface area contributed by atoms with Gasteiger partial charge in [-0.3, -0.25) is 4.68 Å². The van der Waals surface area contributed by atoms with Crippen LogP contribution in [0.25, 0.3) is 0 Å². The molecule has 80 valence electrons. The second kappa shape index (κ2) is 5.49. The van der Waals surface area contributed by atoms with Gasteiger partial charge in [0.2, 0.25) is 0 Å². The van der Waals surface area contributed by atoms with Gasteiger partial charge < -0.3 is 0 Å². The zero-order valence-electron chi connectivity index (χ0n) is 9.07. The Balaban J connectivity index is 2.36. The predicted molar refractivity (Wildman–Crippen MR) is 61.4 cm³/mol. The van der Waals surface area contributed by atoms with Gasteiger partial charge in [0.15, 0.2) is 0 Å². The second-order valence-electron chi connectivity index (χ2n) is 4.06. The zero-order valence-corrected chi connectivity index (χ0v) is 10.7. The number of aryl methyl sites for hydroxylation is 1. The molecule has 0 radical (unpaired) electrons. The van der Waals surface area contributed by atoms with Crippen molar-refractivity contribution in [3.8, 4) is 0 Å². The molecule has 1 aromatic rings. The van der Waals surface area contributed by atoms with Crippen LogP contribution in [0.15, 0.2) is 6.20 Å². The molecule has 0 aliphatic carbocycles. The Labute approximate surface area is 94.0 Å². The molecule has 1 aromatic heterocycles. The fourth-order valence-electron chi connectivity index (χ4n) is 1.27. The highest BCUT2D eigenvalue weighted by Gasteiger charge is 2.05. The van der Waals surface area contributed by atoms with Gasteiger partial charge in [-0.1, -0.05) is 35.0 Å². The van der Waals surface area contributed by atoms with Crippen LogP contribution in [0.3, 0.4) is 0 Å². The fourth-order valence-corrected chi connectivity index (χ4v) is 1.48. The summed E-state index contributed by atoms with van der Waals surface area (Å²) in [4.78, 5) is 0.293. The molecule has 1 atom stereocenters. The van der Waals surface area contributed by atoms with Crippen LogP contribution in [0.5, 0.6) is 0 Å². The molecule has 0 N–H and O–H groups in total. The van der Waals surface area contributed by atoms with Crippen LogP contribution in [0.4, 0.5) is 0 Å². The number of hydrogen-bond donors (Lipinski definition) is 0. The zero-order chi connectivity index (χ0) is 10.6. The van der Waals surface area contributed by atoms with Gasteiger partial charge in [0.1, 0.15) is 0 Å². The Morgan fingerprint density at radius 3 is 2.64 bits per heavy atom. The average molecular weight is 260 g/mol. The minimum atomic E-state index is 0.293. The van der Waals surface area contributed by atoms with Gasteiger partial charge >= 0.3 is 0 Å².